The molecule has 4 heteroatoms. The summed E-state index contributed by atoms with van der Waals surface area (Å²) >= 11 is 0. The first-order valence-corrected chi connectivity index (χ1v) is 15.2. The highest BCUT2D eigenvalue weighted by atomic mass is 16.7. The van der Waals surface area contributed by atoms with Gasteiger partial charge in [0.15, 0.2) is 5.79 Å². The quantitative estimate of drug-likeness (QED) is 0.398. The van der Waals surface area contributed by atoms with E-state index in [0.717, 1.165) is 56.0 Å². The molecule has 0 aromatic carbocycles. The van der Waals surface area contributed by atoms with Crippen LogP contribution in [0.4, 0.5) is 0 Å². The molecule has 4 aliphatic carbocycles. The summed E-state index contributed by atoms with van der Waals surface area (Å²) in [4.78, 5) is 12.1. The van der Waals surface area contributed by atoms with Crippen molar-refractivity contribution in [2.45, 2.75) is 130 Å². The van der Waals surface area contributed by atoms with Gasteiger partial charge in [-0.05, 0) is 111 Å². The molecule has 6 rings (SSSR count). The van der Waals surface area contributed by atoms with E-state index in [1.807, 2.05) is 0 Å². The number of esters is 1. The zero-order valence-electron chi connectivity index (χ0n) is 23.0. The van der Waals surface area contributed by atoms with Gasteiger partial charge in [0.1, 0.15) is 6.10 Å². The molecule has 198 valence electrons. The van der Waals surface area contributed by atoms with Crippen LogP contribution < -0.4 is 0 Å². The second-order valence-electron chi connectivity index (χ2n) is 14.3. The Bertz CT molecular complexity index is 817. The first-order valence-electron chi connectivity index (χ1n) is 15.2. The lowest BCUT2D eigenvalue weighted by Crippen LogP contribution is -2.55. The summed E-state index contributed by atoms with van der Waals surface area (Å²) in [7, 11) is 0. The molecule has 0 aromatic rings. The van der Waals surface area contributed by atoms with Gasteiger partial charge < -0.3 is 14.2 Å². The van der Waals surface area contributed by atoms with Crippen LogP contribution in [0.1, 0.15) is 112 Å². The van der Waals surface area contributed by atoms with Crippen LogP contribution in [-0.4, -0.2) is 30.6 Å². The standard InChI is InChI=1S/C31H50O4/c1-6-7-27(32)34-22-11-13-29(4)21(16-22)8-9-23-24(29)12-14-30(5)25(23)17-26-28(30)20(3)31(35-26)15-10-19(2)18-33-31/h19-26,28H,6-18H2,1-5H3/t19-,20+,21+,22-,23-,24+,25+,26+,28+,29+,30+,31+/m1/s1. The fourth-order valence-corrected chi connectivity index (χ4v) is 10.8. The normalized spacial score (nSPS) is 55.1. The monoisotopic (exact) mass is 486 g/mol. The molecule has 6 fully saturated rings. The second-order valence-corrected chi connectivity index (χ2v) is 14.3. The van der Waals surface area contributed by atoms with Crippen molar-refractivity contribution >= 4 is 5.97 Å². The second kappa shape index (κ2) is 8.72. The van der Waals surface area contributed by atoms with Crippen molar-refractivity contribution in [2.75, 3.05) is 6.61 Å². The topological polar surface area (TPSA) is 44.8 Å². The highest BCUT2D eigenvalue weighted by Crippen LogP contribution is 2.71. The maximum Gasteiger partial charge on any atom is 0.306 e. The van der Waals surface area contributed by atoms with E-state index in [4.69, 9.17) is 14.2 Å². The number of rotatable bonds is 3. The lowest BCUT2D eigenvalue weighted by Gasteiger charge is -2.61. The van der Waals surface area contributed by atoms with E-state index in [2.05, 4.69) is 34.6 Å². The lowest BCUT2D eigenvalue weighted by atomic mass is 9.44. The minimum Gasteiger partial charge on any atom is -0.462 e. The van der Waals surface area contributed by atoms with Crippen LogP contribution in [-0.2, 0) is 19.0 Å². The van der Waals surface area contributed by atoms with Gasteiger partial charge in [0.05, 0.1) is 12.7 Å². The molecular weight excluding hydrogens is 436 g/mol. The molecule has 4 nitrogen and oxygen atoms in total. The summed E-state index contributed by atoms with van der Waals surface area (Å²) in [6.07, 6.45) is 14.4. The molecule has 6 aliphatic rings. The first-order chi connectivity index (χ1) is 16.7. The maximum absolute atomic E-state index is 12.1. The molecule has 4 saturated carbocycles. The van der Waals surface area contributed by atoms with Crippen LogP contribution >= 0.6 is 0 Å². The Morgan fingerprint density at radius 3 is 2.49 bits per heavy atom. The molecular formula is C31H50O4. The number of carbonyl (C=O) groups excluding carboxylic acids is 1. The molecule has 12 atom stereocenters. The van der Waals surface area contributed by atoms with Crippen LogP contribution in [0.25, 0.3) is 0 Å². The van der Waals surface area contributed by atoms with E-state index in [1.165, 1.54) is 44.9 Å². The first kappa shape index (κ1) is 24.7. The van der Waals surface area contributed by atoms with E-state index in [0.29, 0.717) is 41.1 Å². The predicted molar refractivity (Wildman–Crippen MR) is 137 cm³/mol. The van der Waals surface area contributed by atoms with Crippen molar-refractivity contribution < 1.29 is 19.0 Å². The van der Waals surface area contributed by atoms with Crippen molar-refractivity contribution in [1.82, 2.24) is 0 Å². The summed E-state index contributed by atoms with van der Waals surface area (Å²) in [5.74, 6) is 4.74. The number of ether oxygens (including phenoxy) is 3. The zero-order chi connectivity index (χ0) is 24.6. The molecule has 2 saturated heterocycles. The summed E-state index contributed by atoms with van der Waals surface area (Å²) in [5, 5.41) is 0. The van der Waals surface area contributed by atoms with Crippen LogP contribution in [0.15, 0.2) is 0 Å². The number of fused-ring (bicyclic) bond motifs is 7. The Labute approximate surface area is 213 Å². The van der Waals surface area contributed by atoms with Gasteiger partial charge in [-0.3, -0.25) is 4.79 Å². The van der Waals surface area contributed by atoms with Gasteiger partial charge in [-0.2, -0.15) is 0 Å². The van der Waals surface area contributed by atoms with Crippen LogP contribution in [0.2, 0.25) is 0 Å². The van der Waals surface area contributed by atoms with Gasteiger partial charge in [0, 0.05) is 18.8 Å². The third kappa shape index (κ3) is 3.69. The largest absolute Gasteiger partial charge is 0.462 e. The molecule has 0 radical (unpaired) electrons. The average molecular weight is 487 g/mol. The molecule has 0 bridgehead atoms. The molecule has 35 heavy (non-hydrogen) atoms. The molecule has 1 spiro atoms. The van der Waals surface area contributed by atoms with Crippen molar-refractivity contribution in [2.24, 2.45) is 52.3 Å². The van der Waals surface area contributed by atoms with E-state index in [9.17, 15) is 4.79 Å². The van der Waals surface area contributed by atoms with Gasteiger partial charge in [0.2, 0.25) is 0 Å². The minimum atomic E-state index is -0.302. The van der Waals surface area contributed by atoms with E-state index in [-0.39, 0.29) is 17.9 Å². The summed E-state index contributed by atoms with van der Waals surface area (Å²) in [6, 6.07) is 0. The van der Waals surface area contributed by atoms with Gasteiger partial charge in [-0.1, -0.05) is 34.6 Å². The molecule has 0 aromatic heterocycles. The van der Waals surface area contributed by atoms with E-state index >= 15 is 0 Å². The summed E-state index contributed by atoms with van der Waals surface area (Å²) < 4.78 is 19.3. The smallest absolute Gasteiger partial charge is 0.306 e. The molecule has 0 amide bonds. The van der Waals surface area contributed by atoms with Gasteiger partial charge in [-0.25, -0.2) is 0 Å². The van der Waals surface area contributed by atoms with Crippen molar-refractivity contribution in [3.8, 4) is 0 Å². The molecule has 0 N–H and O–H groups in total. The van der Waals surface area contributed by atoms with Gasteiger partial charge in [0.25, 0.3) is 0 Å². The van der Waals surface area contributed by atoms with Crippen molar-refractivity contribution in [3.05, 3.63) is 0 Å². The fourth-order valence-electron chi connectivity index (χ4n) is 10.8. The summed E-state index contributed by atoms with van der Waals surface area (Å²) in [6.45, 7) is 12.9. The highest BCUT2D eigenvalue weighted by Gasteiger charge is 2.69. The van der Waals surface area contributed by atoms with E-state index < -0.39 is 0 Å². The Morgan fingerprint density at radius 1 is 0.943 bits per heavy atom. The number of carbonyl (C=O) groups is 1. The zero-order valence-corrected chi connectivity index (χ0v) is 23.0. The maximum atomic E-state index is 12.1. The number of hydrogen-bond acceptors (Lipinski definition) is 4. The van der Waals surface area contributed by atoms with Crippen molar-refractivity contribution in [1.29, 1.82) is 0 Å². The minimum absolute atomic E-state index is 0.0176. The Kier molecular flexibility index (Phi) is 6.15. The summed E-state index contributed by atoms with van der Waals surface area (Å²) in [5.41, 5.74) is 0.823. The number of hydrogen-bond donors (Lipinski definition) is 0. The SMILES string of the molecule is CCCC(=O)O[C@@H]1CC[C@@]2(C)[C@@H](CC[C@@H]3[C@@H]2CC[C@]2(C)[C@@H]4[C@H](C[C@@H]32)O[C@@]2(CC[C@@H](C)CO2)[C@H]4C)C1. The van der Waals surface area contributed by atoms with Gasteiger partial charge >= 0.3 is 5.97 Å². The van der Waals surface area contributed by atoms with Crippen LogP contribution in [0.3, 0.4) is 0 Å². The average Bonchev–Trinajstić information content (AvgIpc) is 3.26. The molecule has 2 heterocycles. The van der Waals surface area contributed by atoms with E-state index in [1.54, 1.807) is 0 Å². The highest BCUT2D eigenvalue weighted by molar-refractivity contribution is 5.69. The lowest BCUT2D eigenvalue weighted by molar-refractivity contribution is -0.273. The Hall–Kier alpha value is -0.610. The molecule has 0 unspecified atom stereocenters. The Morgan fingerprint density at radius 2 is 1.74 bits per heavy atom. The van der Waals surface area contributed by atoms with Crippen LogP contribution in [0.5, 0.6) is 0 Å². The third-order valence-corrected chi connectivity index (χ3v) is 12.6. The fraction of sp³-hybridized carbons (Fsp3) is 0.968. The van der Waals surface area contributed by atoms with Crippen LogP contribution in [0, 0.1) is 52.3 Å². The third-order valence-electron chi connectivity index (χ3n) is 12.6. The molecule has 2 aliphatic heterocycles. The van der Waals surface area contributed by atoms with Crippen molar-refractivity contribution in [3.63, 3.8) is 0 Å². The van der Waals surface area contributed by atoms with Gasteiger partial charge in [-0.15, -0.1) is 0 Å². The predicted octanol–water partition coefficient (Wildman–Crippen LogP) is 7.14. The Balaban J connectivity index is 1.17.